The quantitative estimate of drug-likeness (QED) is 0.780. The normalized spacial score (nSPS) is 10.4. The molecule has 0 unspecified atom stereocenters. The van der Waals surface area contributed by atoms with Gasteiger partial charge in [0.05, 0.1) is 0 Å². The second-order valence-corrected chi connectivity index (χ2v) is 4.36. The Kier molecular flexibility index (Phi) is 3.88. The smallest absolute Gasteiger partial charge is 0.0416 e. The van der Waals surface area contributed by atoms with Crippen molar-refractivity contribution in [3.8, 4) is 0 Å². The molecule has 0 aromatic carbocycles. The highest BCUT2D eigenvalue weighted by molar-refractivity contribution is 7.09. The van der Waals surface area contributed by atoms with Crippen molar-refractivity contribution in [2.75, 3.05) is 6.54 Å². The van der Waals surface area contributed by atoms with E-state index in [1.807, 2.05) is 18.3 Å². The van der Waals surface area contributed by atoms with Gasteiger partial charge in [-0.25, -0.2) is 0 Å². The third-order valence-electron chi connectivity index (χ3n) is 2.16. The van der Waals surface area contributed by atoms with Crippen LogP contribution in [0.1, 0.15) is 10.6 Å². The van der Waals surface area contributed by atoms with E-state index in [0.717, 1.165) is 25.2 Å². The Hall–Kier alpha value is -1.19. The van der Waals surface area contributed by atoms with Crippen LogP contribution < -0.4 is 5.32 Å². The molecular formula is C12H14N2S. The zero-order valence-electron chi connectivity index (χ0n) is 8.52. The van der Waals surface area contributed by atoms with Gasteiger partial charge in [0.1, 0.15) is 0 Å². The SMILES string of the molecule is c1ccc(CCNCc2cccs2)nc1. The van der Waals surface area contributed by atoms with E-state index < -0.39 is 0 Å². The minimum atomic E-state index is 0.963. The molecule has 0 amide bonds. The molecule has 0 atom stereocenters. The van der Waals surface area contributed by atoms with Gasteiger partial charge in [-0.2, -0.15) is 0 Å². The monoisotopic (exact) mass is 218 g/mol. The number of hydrogen-bond acceptors (Lipinski definition) is 3. The molecule has 2 aromatic rings. The summed E-state index contributed by atoms with van der Waals surface area (Å²) in [6, 6.07) is 10.3. The van der Waals surface area contributed by atoms with Gasteiger partial charge in [0.2, 0.25) is 0 Å². The van der Waals surface area contributed by atoms with Gasteiger partial charge in [-0.1, -0.05) is 12.1 Å². The maximum Gasteiger partial charge on any atom is 0.0416 e. The lowest BCUT2D eigenvalue weighted by Crippen LogP contribution is -2.16. The summed E-state index contributed by atoms with van der Waals surface area (Å²) in [6.07, 6.45) is 2.83. The molecule has 0 aliphatic rings. The molecular weight excluding hydrogens is 204 g/mol. The molecule has 2 rings (SSSR count). The van der Waals surface area contributed by atoms with Crippen molar-refractivity contribution in [3.63, 3.8) is 0 Å². The molecule has 0 saturated carbocycles. The first-order valence-corrected chi connectivity index (χ1v) is 5.96. The van der Waals surface area contributed by atoms with Gasteiger partial charge in [0, 0.05) is 36.3 Å². The highest BCUT2D eigenvalue weighted by Crippen LogP contribution is 2.07. The number of pyridine rings is 1. The fourth-order valence-electron chi connectivity index (χ4n) is 1.39. The van der Waals surface area contributed by atoms with Gasteiger partial charge in [0.15, 0.2) is 0 Å². The van der Waals surface area contributed by atoms with E-state index in [0.29, 0.717) is 0 Å². The van der Waals surface area contributed by atoms with Crippen LogP contribution in [0.4, 0.5) is 0 Å². The Bertz CT molecular complexity index is 370. The van der Waals surface area contributed by atoms with Crippen molar-refractivity contribution < 1.29 is 0 Å². The van der Waals surface area contributed by atoms with Gasteiger partial charge in [-0.15, -0.1) is 11.3 Å². The van der Waals surface area contributed by atoms with Crippen molar-refractivity contribution >= 4 is 11.3 Å². The van der Waals surface area contributed by atoms with Crippen molar-refractivity contribution in [2.45, 2.75) is 13.0 Å². The molecule has 0 saturated heterocycles. The van der Waals surface area contributed by atoms with Crippen LogP contribution in [0.5, 0.6) is 0 Å². The number of aromatic nitrogens is 1. The number of nitrogens with zero attached hydrogens (tertiary/aromatic N) is 1. The lowest BCUT2D eigenvalue weighted by molar-refractivity contribution is 0.686. The molecule has 0 radical (unpaired) electrons. The van der Waals surface area contributed by atoms with Crippen LogP contribution >= 0.6 is 11.3 Å². The Morgan fingerprint density at radius 3 is 2.93 bits per heavy atom. The molecule has 3 heteroatoms. The summed E-state index contributed by atoms with van der Waals surface area (Å²) in [4.78, 5) is 5.66. The zero-order chi connectivity index (χ0) is 10.3. The largest absolute Gasteiger partial charge is 0.311 e. The average molecular weight is 218 g/mol. The summed E-state index contributed by atoms with van der Waals surface area (Å²) in [6.45, 7) is 1.94. The van der Waals surface area contributed by atoms with E-state index in [1.165, 1.54) is 4.88 Å². The van der Waals surface area contributed by atoms with E-state index in [9.17, 15) is 0 Å². The highest BCUT2D eigenvalue weighted by atomic mass is 32.1. The van der Waals surface area contributed by atoms with Gasteiger partial charge in [-0.3, -0.25) is 4.98 Å². The van der Waals surface area contributed by atoms with Crippen LogP contribution in [-0.4, -0.2) is 11.5 Å². The van der Waals surface area contributed by atoms with Crippen LogP contribution in [0.25, 0.3) is 0 Å². The predicted octanol–water partition coefficient (Wildman–Crippen LogP) is 2.48. The summed E-state index contributed by atoms with van der Waals surface area (Å²) in [7, 11) is 0. The molecule has 0 fully saturated rings. The molecule has 0 bridgehead atoms. The van der Waals surface area contributed by atoms with Crippen LogP contribution in [0, 0.1) is 0 Å². The molecule has 2 aromatic heterocycles. The van der Waals surface area contributed by atoms with E-state index in [1.54, 1.807) is 11.3 Å². The third-order valence-corrected chi connectivity index (χ3v) is 3.04. The number of thiophene rings is 1. The Morgan fingerprint density at radius 2 is 2.20 bits per heavy atom. The first-order valence-electron chi connectivity index (χ1n) is 5.08. The standard InChI is InChI=1S/C12H14N2S/c1-2-7-14-11(4-1)6-8-13-10-12-5-3-9-15-12/h1-5,7,9,13H,6,8,10H2. The van der Waals surface area contributed by atoms with E-state index in [4.69, 9.17) is 0 Å². The average Bonchev–Trinajstić information content (AvgIpc) is 2.79. The summed E-state index contributed by atoms with van der Waals surface area (Å²) >= 11 is 1.79. The summed E-state index contributed by atoms with van der Waals surface area (Å²) in [5.74, 6) is 0. The van der Waals surface area contributed by atoms with E-state index in [2.05, 4.69) is 33.9 Å². The van der Waals surface area contributed by atoms with Crippen LogP contribution in [0.3, 0.4) is 0 Å². The Balaban J connectivity index is 1.68. The second-order valence-electron chi connectivity index (χ2n) is 3.33. The van der Waals surface area contributed by atoms with Crippen LogP contribution in [-0.2, 0) is 13.0 Å². The van der Waals surface area contributed by atoms with Crippen LogP contribution in [0.15, 0.2) is 41.9 Å². The fourth-order valence-corrected chi connectivity index (χ4v) is 2.06. The minimum absolute atomic E-state index is 0.963. The number of hydrogen-bond donors (Lipinski definition) is 1. The maximum absolute atomic E-state index is 4.28. The summed E-state index contributed by atoms with van der Waals surface area (Å²) in [5.41, 5.74) is 1.15. The van der Waals surface area contributed by atoms with Gasteiger partial charge in [-0.05, 0) is 23.6 Å². The number of rotatable bonds is 5. The lowest BCUT2D eigenvalue weighted by Gasteiger charge is -2.02. The predicted molar refractivity (Wildman–Crippen MR) is 64.0 cm³/mol. The van der Waals surface area contributed by atoms with E-state index in [-0.39, 0.29) is 0 Å². The van der Waals surface area contributed by atoms with Crippen LogP contribution in [0.2, 0.25) is 0 Å². The van der Waals surface area contributed by atoms with E-state index >= 15 is 0 Å². The molecule has 15 heavy (non-hydrogen) atoms. The third kappa shape index (κ3) is 3.46. The molecule has 0 aliphatic carbocycles. The van der Waals surface area contributed by atoms with Crippen molar-refractivity contribution in [2.24, 2.45) is 0 Å². The number of nitrogens with one attached hydrogen (secondary N) is 1. The topological polar surface area (TPSA) is 24.9 Å². The minimum Gasteiger partial charge on any atom is -0.311 e. The van der Waals surface area contributed by atoms with Gasteiger partial charge < -0.3 is 5.32 Å². The fraction of sp³-hybridized carbons (Fsp3) is 0.250. The molecule has 0 aliphatic heterocycles. The molecule has 0 spiro atoms. The zero-order valence-corrected chi connectivity index (χ0v) is 9.33. The van der Waals surface area contributed by atoms with Crippen molar-refractivity contribution in [1.82, 2.24) is 10.3 Å². The molecule has 78 valence electrons. The lowest BCUT2D eigenvalue weighted by atomic mass is 10.3. The highest BCUT2D eigenvalue weighted by Gasteiger charge is 1.94. The molecule has 1 N–H and O–H groups in total. The van der Waals surface area contributed by atoms with Gasteiger partial charge >= 0.3 is 0 Å². The summed E-state index contributed by atoms with van der Waals surface area (Å²) in [5, 5.41) is 5.51. The van der Waals surface area contributed by atoms with Crippen molar-refractivity contribution in [1.29, 1.82) is 0 Å². The maximum atomic E-state index is 4.28. The van der Waals surface area contributed by atoms with Gasteiger partial charge in [0.25, 0.3) is 0 Å². The van der Waals surface area contributed by atoms with Crippen molar-refractivity contribution in [3.05, 3.63) is 52.5 Å². The first kappa shape index (κ1) is 10.3. The Morgan fingerprint density at radius 1 is 1.20 bits per heavy atom. The molecule has 2 nitrogen and oxygen atoms in total. The summed E-state index contributed by atoms with van der Waals surface area (Å²) < 4.78 is 0. The molecule has 2 heterocycles. The first-order chi connectivity index (χ1) is 7.45. The second kappa shape index (κ2) is 5.63. The Labute approximate surface area is 94.0 Å².